The molecule has 1 amide bonds. The minimum absolute atomic E-state index is 0.253. The monoisotopic (exact) mass is 224 g/mol. The number of primary amides is 1. The fraction of sp³-hybridized carbons (Fsp3) is 0.200. The molecule has 1 aromatic carbocycles. The van der Waals surface area contributed by atoms with Gasteiger partial charge in [-0.25, -0.2) is 4.39 Å². The number of carbonyl (C=O) groups is 1. The molecule has 0 aliphatic rings. The first-order chi connectivity index (χ1) is 7.04. The molecule has 78 valence electrons. The van der Waals surface area contributed by atoms with E-state index in [0.29, 0.717) is 4.90 Å². The van der Waals surface area contributed by atoms with Crippen LogP contribution in [0, 0.1) is 17.1 Å². The van der Waals surface area contributed by atoms with Crippen molar-refractivity contribution in [2.45, 2.75) is 17.1 Å². The Morgan fingerprint density at radius 1 is 1.67 bits per heavy atom. The molecule has 0 spiro atoms. The van der Waals surface area contributed by atoms with Crippen LogP contribution < -0.4 is 5.73 Å². The van der Waals surface area contributed by atoms with Crippen molar-refractivity contribution in [1.29, 1.82) is 5.26 Å². The lowest BCUT2D eigenvalue weighted by atomic mass is 10.2. The summed E-state index contributed by atoms with van der Waals surface area (Å²) in [7, 11) is 0. The van der Waals surface area contributed by atoms with Gasteiger partial charge in [0.2, 0.25) is 5.91 Å². The first-order valence-corrected chi connectivity index (χ1v) is 5.08. The van der Waals surface area contributed by atoms with E-state index in [2.05, 4.69) is 0 Å². The highest BCUT2D eigenvalue weighted by Crippen LogP contribution is 2.26. The Kier molecular flexibility index (Phi) is 3.69. The second-order valence-corrected chi connectivity index (χ2v) is 4.30. The maximum absolute atomic E-state index is 13.3. The Balaban J connectivity index is 2.88. The van der Waals surface area contributed by atoms with Crippen molar-refractivity contribution < 1.29 is 9.18 Å². The highest BCUT2D eigenvalue weighted by atomic mass is 32.2. The topological polar surface area (TPSA) is 66.9 Å². The SMILES string of the molecule is C[C@@H](Sc1ccc(C#N)cc1F)C(N)=O. The summed E-state index contributed by atoms with van der Waals surface area (Å²) in [6, 6.07) is 5.93. The van der Waals surface area contributed by atoms with Crippen molar-refractivity contribution in [2.24, 2.45) is 5.73 Å². The maximum atomic E-state index is 13.3. The number of hydrogen-bond donors (Lipinski definition) is 1. The van der Waals surface area contributed by atoms with Crippen LogP contribution >= 0.6 is 11.8 Å². The average Bonchev–Trinajstić information content (AvgIpc) is 2.20. The minimum Gasteiger partial charge on any atom is -0.369 e. The molecule has 0 bridgehead atoms. The Morgan fingerprint density at radius 3 is 2.80 bits per heavy atom. The summed E-state index contributed by atoms with van der Waals surface area (Å²) < 4.78 is 13.3. The van der Waals surface area contributed by atoms with Crippen molar-refractivity contribution in [3.63, 3.8) is 0 Å². The summed E-state index contributed by atoms with van der Waals surface area (Å²) in [6.07, 6.45) is 0. The molecule has 0 aromatic heterocycles. The minimum atomic E-state index is -0.507. The van der Waals surface area contributed by atoms with Crippen LogP contribution in [0.2, 0.25) is 0 Å². The van der Waals surface area contributed by atoms with Gasteiger partial charge < -0.3 is 5.73 Å². The molecule has 0 aliphatic heterocycles. The van der Waals surface area contributed by atoms with Crippen LogP contribution in [-0.4, -0.2) is 11.2 Å². The van der Waals surface area contributed by atoms with Gasteiger partial charge in [-0.3, -0.25) is 4.79 Å². The molecule has 0 unspecified atom stereocenters. The van der Waals surface area contributed by atoms with Gasteiger partial charge in [-0.05, 0) is 25.1 Å². The van der Waals surface area contributed by atoms with Gasteiger partial charge in [0, 0.05) is 4.90 Å². The third kappa shape index (κ3) is 2.96. The summed E-state index contributed by atoms with van der Waals surface area (Å²) in [5, 5.41) is 8.03. The third-order valence-corrected chi connectivity index (χ3v) is 2.94. The smallest absolute Gasteiger partial charge is 0.230 e. The molecule has 3 nitrogen and oxygen atoms in total. The molecule has 1 atom stereocenters. The number of halogens is 1. The summed E-state index contributed by atoms with van der Waals surface area (Å²) in [6.45, 7) is 1.60. The molecule has 0 saturated carbocycles. The van der Waals surface area contributed by atoms with Gasteiger partial charge in [0.25, 0.3) is 0 Å². The van der Waals surface area contributed by atoms with Crippen molar-refractivity contribution in [2.75, 3.05) is 0 Å². The highest BCUT2D eigenvalue weighted by molar-refractivity contribution is 8.00. The molecule has 15 heavy (non-hydrogen) atoms. The van der Waals surface area contributed by atoms with Gasteiger partial charge >= 0.3 is 0 Å². The van der Waals surface area contributed by atoms with E-state index in [1.54, 1.807) is 6.92 Å². The van der Waals surface area contributed by atoms with Crippen LogP contribution in [0.5, 0.6) is 0 Å². The molecule has 0 radical (unpaired) electrons. The number of nitrogens with two attached hydrogens (primary N) is 1. The normalized spacial score (nSPS) is 11.8. The van der Waals surface area contributed by atoms with Crippen LogP contribution in [0.25, 0.3) is 0 Å². The molecular formula is C10H9FN2OS. The van der Waals surface area contributed by atoms with Crippen molar-refractivity contribution in [3.8, 4) is 6.07 Å². The fourth-order valence-corrected chi connectivity index (χ4v) is 1.73. The number of rotatable bonds is 3. The second kappa shape index (κ2) is 4.80. The lowest BCUT2D eigenvalue weighted by molar-refractivity contribution is -0.117. The van der Waals surface area contributed by atoms with Gasteiger partial charge in [-0.1, -0.05) is 0 Å². The number of nitriles is 1. The Labute approximate surface area is 91.1 Å². The van der Waals surface area contributed by atoms with E-state index in [9.17, 15) is 9.18 Å². The van der Waals surface area contributed by atoms with Crippen molar-refractivity contribution >= 4 is 17.7 Å². The molecule has 0 fully saturated rings. The standard InChI is InChI=1S/C10H9FN2OS/c1-6(10(13)14)15-9-3-2-7(5-12)4-8(9)11/h2-4,6H,1H3,(H2,13,14)/t6-/m1/s1. The molecular weight excluding hydrogens is 215 g/mol. The van der Waals surface area contributed by atoms with Gasteiger partial charge in [-0.2, -0.15) is 5.26 Å². The zero-order chi connectivity index (χ0) is 11.4. The van der Waals surface area contributed by atoms with Crippen LogP contribution in [0.4, 0.5) is 4.39 Å². The van der Waals surface area contributed by atoms with Crippen molar-refractivity contribution in [1.82, 2.24) is 0 Å². The number of thioether (sulfide) groups is 1. The second-order valence-electron chi connectivity index (χ2n) is 2.92. The molecule has 0 heterocycles. The van der Waals surface area contributed by atoms with Crippen LogP contribution in [-0.2, 0) is 4.79 Å². The van der Waals surface area contributed by atoms with E-state index in [4.69, 9.17) is 11.0 Å². The van der Waals surface area contributed by atoms with Gasteiger partial charge in [0.1, 0.15) is 5.82 Å². The summed E-state index contributed by atoms with van der Waals surface area (Å²) in [4.78, 5) is 11.1. The number of benzene rings is 1. The predicted octanol–water partition coefficient (Wildman–Crippen LogP) is 1.66. The summed E-state index contributed by atoms with van der Waals surface area (Å²) in [5.41, 5.74) is 5.31. The number of nitrogens with zero attached hydrogens (tertiary/aromatic N) is 1. The lowest BCUT2D eigenvalue weighted by Crippen LogP contribution is -2.22. The summed E-state index contributed by atoms with van der Waals surface area (Å²) in [5.74, 6) is -1.00. The zero-order valence-electron chi connectivity index (χ0n) is 8.03. The largest absolute Gasteiger partial charge is 0.369 e. The Morgan fingerprint density at radius 2 is 2.33 bits per heavy atom. The van der Waals surface area contributed by atoms with E-state index in [1.807, 2.05) is 6.07 Å². The van der Waals surface area contributed by atoms with Crippen LogP contribution in [0.1, 0.15) is 12.5 Å². The van der Waals surface area contributed by atoms with Gasteiger partial charge in [0.15, 0.2) is 0 Å². The Hall–Kier alpha value is -1.54. The molecule has 0 saturated heterocycles. The van der Waals surface area contributed by atoms with Gasteiger partial charge in [0.05, 0.1) is 16.9 Å². The van der Waals surface area contributed by atoms with E-state index in [1.165, 1.54) is 12.1 Å². The molecule has 0 aliphatic carbocycles. The van der Waals surface area contributed by atoms with Gasteiger partial charge in [-0.15, -0.1) is 11.8 Å². The van der Waals surface area contributed by atoms with E-state index in [0.717, 1.165) is 17.8 Å². The van der Waals surface area contributed by atoms with E-state index >= 15 is 0 Å². The molecule has 1 aromatic rings. The molecule has 5 heteroatoms. The quantitative estimate of drug-likeness (QED) is 0.794. The molecule has 1 rings (SSSR count). The van der Waals surface area contributed by atoms with Crippen molar-refractivity contribution in [3.05, 3.63) is 29.6 Å². The number of amides is 1. The lowest BCUT2D eigenvalue weighted by Gasteiger charge is -2.07. The molecule has 2 N–H and O–H groups in total. The third-order valence-electron chi connectivity index (χ3n) is 1.77. The first-order valence-electron chi connectivity index (χ1n) is 4.20. The average molecular weight is 224 g/mol. The first kappa shape index (κ1) is 11.5. The zero-order valence-corrected chi connectivity index (χ0v) is 8.84. The van der Waals surface area contributed by atoms with Crippen LogP contribution in [0.3, 0.4) is 0 Å². The van der Waals surface area contributed by atoms with Crippen LogP contribution in [0.15, 0.2) is 23.1 Å². The number of hydrogen-bond acceptors (Lipinski definition) is 3. The predicted molar refractivity (Wildman–Crippen MR) is 55.6 cm³/mol. The van der Waals surface area contributed by atoms with E-state index in [-0.39, 0.29) is 5.56 Å². The number of carbonyl (C=O) groups excluding carboxylic acids is 1. The Bertz CT molecular complexity index is 428. The highest BCUT2D eigenvalue weighted by Gasteiger charge is 2.13. The summed E-state index contributed by atoms with van der Waals surface area (Å²) >= 11 is 1.04. The fourth-order valence-electron chi connectivity index (χ4n) is 0.914. The maximum Gasteiger partial charge on any atom is 0.230 e. The van der Waals surface area contributed by atoms with E-state index < -0.39 is 17.0 Å².